The smallest absolute Gasteiger partial charge is 0.425 e. The molecule has 0 unspecified atom stereocenters. The number of alkyl halides is 10. The number of quaternary nitrogens is 1. The quantitative estimate of drug-likeness (QED) is 0.189. The highest BCUT2D eigenvalue weighted by Crippen LogP contribution is 2.47. The van der Waals surface area contributed by atoms with E-state index < -0.39 is 42.9 Å². The van der Waals surface area contributed by atoms with Crippen molar-refractivity contribution < 1.29 is 70.0 Å². The van der Waals surface area contributed by atoms with E-state index in [4.69, 9.17) is 0 Å². The summed E-state index contributed by atoms with van der Waals surface area (Å²) in [5.74, 6) is -0.0853. The molecule has 1 N–H and O–H groups in total. The molecular formula is C14H21F10N3O5S2. The molecule has 0 aromatic carbocycles. The van der Waals surface area contributed by atoms with E-state index in [1.165, 1.54) is 6.08 Å². The van der Waals surface area contributed by atoms with Gasteiger partial charge in [0.25, 0.3) is 0 Å². The average molecular weight is 565 g/mol. The van der Waals surface area contributed by atoms with Crippen molar-refractivity contribution in [1.29, 1.82) is 0 Å². The van der Waals surface area contributed by atoms with Crippen LogP contribution in [-0.4, -0.2) is 76.4 Å². The van der Waals surface area contributed by atoms with E-state index in [0.29, 0.717) is 10.8 Å². The topological polar surface area (TPSA) is 111 Å². The molecule has 0 saturated carbocycles. The van der Waals surface area contributed by atoms with Gasteiger partial charge in [0.05, 0.1) is 19.6 Å². The van der Waals surface area contributed by atoms with Crippen molar-refractivity contribution in [1.82, 2.24) is 5.32 Å². The molecule has 1 amide bonds. The summed E-state index contributed by atoms with van der Waals surface area (Å²) < 4.78 is 162. The maximum Gasteiger partial charge on any atom is 0.467 e. The second-order valence-corrected chi connectivity index (χ2v) is 9.77. The fraction of sp³-hybridized carbons (Fsp3) is 0.786. The first-order valence-corrected chi connectivity index (χ1v) is 11.6. The second-order valence-electron chi connectivity index (χ2n) is 6.25. The monoisotopic (exact) mass is 565 g/mol. The van der Waals surface area contributed by atoms with E-state index in [-0.39, 0.29) is 5.91 Å². The highest BCUT2D eigenvalue weighted by molar-refractivity contribution is 8.13. The minimum absolute atomic E-state index is 0.0853. The number of hydrogen-bond donors (Lipinski definition) is 1. The van der Waals surface area contributed by atoms with Gasteiger partial charge in [-0.3, -0.25) is 4.79 Å². The van der Waals surface area contributed by atoms with Gasteiger partial charge in [0.1, 0.15) is 0 Å². The molecule has 0 aromatic heterocycles. The maximum atomic E-state index is 12.3. The number of carbonyl (C=O) groups excluding carboxylic acids is 1. The normalized spacial score (nSPS) is 14.1. The van der Waals surface area contributed by atoms with Crippen molar-refractivity contribution in [3.63, 3.8) is 0 Å². The Morgan fingerprint density at radius 1 is 0.794 bits per heavy atom. The van der Waals surface area contributed by atoms with Gasteiger partial charge in [-0.25, -0.2) is 16.8 Å². The molecule has 204 valence electrons. The minimum atomic E-state index is -7.62. The zero-order chi connectivity index (χ0) is 28.0. The van der Waals surface area contributed by atoms with Gasteiger partial charge in [0, 0.05) is 0 Å². The number of rotatable bonds is 10. The van der Waals surface area contributed by atoms with Gasteiger partial charge in [-0.1, -0.05) is 6.58 Å². The van der Waals surface area contributed by atoms with Crippen LogP contribution in [-0.2, 0) is 24.8 Å². The minimum Gasteiger partial charge on any atom is -0.425 e. The summed E-state index contributed by atoms with van der Waals surface area (Å²) in [6.07, 6.45) is -12.7. The molecule has 0 atom stereocenters. The molecule has 0 aliphatic heterocycles. The van der Waals surface area contributed by atoms with E-state index in [1.54, 1.807) is 0 Å². The molecule has 34 heavy (non-hydrogen) atoms. The van der Waals surface area contributed by atoms with Crippen molar-refractivity contribution in [2.24, 2.45) is 0 Å². The van der Waals surface area contributed by atoms with Gasteiger partial charge < -0.3 is 13.9 Å². The fourth-order valence-electron chi connectivity index (χ4n) is 1.84. The largest absolute Gasteiger partial charge is 0.467 e. The summed E-state index contributed by atoms with van der Waals surface area (Å²) in [5.41, 5.74) is 0. The Hall–Kier alpha value is -1.67. The average Bonchev–Trinajstić information content (AvgIpc) is 2.67. The van der Waals surface area contributed by atoms with Crippen LogP contribution in [0.3, 0.4) is 0 Å². The van der Waals surface area contributed by atoms with Crippen LogP contribution in [0.4, 0.5) is 43.9 Å². The maximum absolute atomic E-state index is 12.3. The van der Waals surface area contributed by atoms with Gasteiger partial charge in [-0.15, -0.1) is 0 Å². The number of amides is 1. The molecule has 0 heterocycles. The predicted octanol–water partition coefficient (Wildman–Crippen LogP) is 3.45. The summed E-state index contributed by atoms with van der Waals surface area (Å²) in [6.45, 7) is 13.7. The Kier molecular flexibility index (Phi) is 11.5. The van der Waals surface area contributed by atoms with E-state index in [9.17, 15) is 65.5 Å². The lowest BCUT2D eigenvalue weighted by molar-refractivity contribution is -0.924. The van der Waals surface area contributed by atoms with Crippen molar-refractivity contribution in [2.45, 2.75) is 43.6 Å². The van der Waals surface area contributed by atoms with E-state index >= 15 is 0 Å². The summed E-state index contributed by atoms with van der Waals surface area (Å²) >= 11 is 0. The lowest BCUT2D eigenvalue weighted by atomic mass is 10.4. The standard InChI is InChI=1S/C10H20N2O.C4F10NO4S2/c1-5-10(13)11-9-12(6-2,7-3)8-4;5-1(6,7)3(11,12)20(16,17)15-21(18,19)4(13,14)2(8,9)10/h5H,1,6-9H2,2-4H3;/q;-1/p+1. The van der Waals surface area contributed by atoms with Crippen LogP contribution >= 0.6 is 0 Å². The number of sulfonamides is 2. The second kappa shape index (κ2) is 11.4. The Labute approximate surface area is 188 Å². The molecule has 0 spiro atoms. The lowest BCUT2D eigenvalue weighted by Crippen LogP contribution is -2.53. The molecule has 0 rings (SSSR count). The van der Waals surface area contributed by atoms with Crippen molar-refractivity contribution in [3.05, 3.63) is 16.8 Å². The molecule has 20 heteroatoms. The van der Waals surface area contributed by atoms with Gasteiger partial charge in [-0.2, -0.15) is 43.9 Å². The number of nitrogens with one attached hydrogen (secondary N) is 1. The van der Waals surface area contributed by atoms with Gasteiger partial charge in [0.15, 0.2) is 26.7 Å². The lowest BCUT2D eigenvalue weighted by Gasteiger charge is -2.35. The van der Waals surface area contributed by atoms with Crippen LogP contribution in [0.2, 0.25) is 0 Å². The highest BCUT2D eigenvalue weighted by atomic mass is 32.3. The SMILES string of the molecule is C=CC(=O)NC[N+](CC)(CC)CC.O=S(=O)([N-]S(=O)(=O)C(F)(F)C(F)(F)F)C(F)(F)C(F)(F)F. The molecule has 8 nitrogen and oxygen atoms in total. The third-order valence-corrected chi connectivity index (χ3v) is 7.62. The molecular weight excluding hydrogens is 544 g/mol. The Bertz CT molecular complexity index is 849. The zero-order valence-electron chi connectivity index (χ0n) is 17.6. The molecule has 0 radical (unpaired) electrons. The Morgan fingerprint density at radius 3 is 1.29 bits per heavy atom. The molecule has 0 aliphatic rings. The fourth-order valence-corrected chi connectivity index (χ4v) is 4.21. The van der Waals surface area contributed by atoms with Crippen LogP contribution < -0.4 is 5.32 Å². The van der Waals surface area contributed by atoms with Gasteiger partial charge in [0.2, 0.25) is 5.91 Å². The summed E-state index contributed by atoms with van der Waals surface area (Å²) in [6, 6.07) is 0. The number of nitrogens with zero attached hydrogens (tertiary/aromatic N) is 2. The zero-order valence-corrected chi connectivity index (χ0v) is 19.3. The van der Waals surface area contributed by atoms with Crippen LogP contribution in [0.15, 0.2) is 12.7 Å². The van der Waals surface area contributed by atoms with E-state index in [0.717, 1.165) is 24.1 Å². The summed E-state index contributed by atoms with van der Waals surface area (Å²) in [5, 5.41) is -11.1. The first kappa shape index (κ1) is 34.5. The molecule has 0 bridgehead atoms. The summed E-state index contributed by atoms with van der Waals surface area (Å²) in [4.78, 5) is 11.0. The van der Waals surface area contributed by atoms with E-state index in [1.807, 2.05) is 0 Å². The third kappa shape index (κ3) is 7.94. The number of carbonyl (C=O) groups is 1. The molecule has 0 aromatic rings. The van der Waals surface area contributed by atoms with Crippen LogP contribution in [0, 0.1) is 0 Å². The van der Waals surface area contributed by atoms with Crippen molar-refractivity contribution in [3.8, 4) is 0 Å². The molecule has 0 saturated heterocycles. The van der Waals surface area contributed by atoms with Crippen LogP contribution in [0.1, 0.15) is 20.8 Å². The first-order chi connectivity index (χ1) is 14.8. The van der Waals surface area contributed by atoms with E-state index in [2.05, 4.69) is 32.7 Å². The Balaban J connectivity index is 0. The van der Waals surface area contributed by atoms with Gasteiger partial charge in [-0.05, 0) is 26.8 Å². The number of hydrogen-bond acceptors (Lipinski definition) is 5. The molecule has 0 aliphatic carbocycles. The van der Waals surface area contributed by atoms with Crippen molar-refractivity contribution >= 4 is 26.0 Å². The van der Waals surface area contributed by atoms with Gasteiger partial charge >= 0.3 is 22.9 Å². The molecule has 0 fully saturated rings. The highest BCUT2D eigenvalue weighted by Gasteiger charge is 2.68. The first-order valence-electron chi connectivity index (χ1n) is 8.72. The van der Waals surface area contributed by atoms with Crippen LogP contribution in [0.5, 0.6) is 0 Å². The predicted molar refractivity (Wildman–Crippen MR) is 98.3 cm³/mol. The van der Waals surface area contributed by atoms with Crippen LogP contribution in [0.25, 0.3) is 4.13 Å². The third-order valence-electron chi connectivity index (χ3n) is 4.29. The van der Waals surface area contributed by atoms with Crippen molar-refractivity contribution in [2.75, 3.05) is 26.3 Å². The number of halogens is 10. The summed E-state index contributed by atoms with van der Waals surface area (Å²) in [7, 11) is -15.2. The Morgan fingerprint density at radius 2 is 1.09 bits per heavy atom.